The average molecular weight is 349 g/mol. The van der Waals surface area contributed by atoms with Gasteiger partial charge in [0.25, 0.3) is 5.91 Å². The molecule has 0 unspecified atom stereocenters. The van der Waals surface area contributed by atoms with E-state index in [0.29, 0.717) is 28.3 Å². The molecule has 1 aliphatic heterocycles. The number of carbonyl (C=O) groups is 1. The number of rotatable bonds is 3. The predicted molar refractivity (Wildman–Crippen MR) is 81.6 cm³/mol. The van der Waals surface area contributed by atoms with Gasteiger partial charge in [-0.2, -0.15) is 0 Å². The molecular formula is C15H13BrN2O3. The summed E-state index contributed by atoms with van der Waals surface area (Å²) in [6, 6.07) is 9.77. The van der Waals surface area contributed by atoms with Crippen molar-refractivity contribution in [1.82, 2.24) is 4.98 Å². The number of pyridine rings is 1. The van der Waals surface area contributed by atoms with Crippen LogP contribution in [0.25, 0.3) is 0 Å². The molecule has 0 saturated heterocycles. The van der Waals surface area contributed by atoms with E-state index in [0.717, 1.165) is 5.56 Å². The molecule has 21 heavy (non-hydrogen) atoms. The fourth-order valence-corrected chi connectivity index (χ4v) is 2.64. The third kappa shape index (κ3) is 2.58. The Kier molecular flexibility index (Phi) is 3.79. The topological polar surface area (TPSA) is 51.7 Å². The Hall–Kier alpha value is -2.08. The van der Waals surface area contributed by atoms with Gasteiger partial charge >= 0.3 is 0 Å². The molecule has 3 rings (SSSR count). The molecule has 5 nitrogen and oxygen atoms in total. The largest absolute Gasteiger partial charge is 0.480 e. The van der Waals surface area contributed by atoms with E-state index >= 15 is 0 Å². The highest BCUT2D eigenvalue weighted by molar-refractivity contribution is 9.10. The van der Waals surface area contributed by atoms with Gasteiger partial charge in [0.1, 0.15) is 0 Å². The van der Waals surface area contributed by atoms with E-state index < -0.39 is 0 Å². The van der Waals surface area contributed by atoms with Crippen molar-refractivity contribution in [3.8, 4) is 11.6 Å². The molecule has 2 heterocycles. The number of aromatic nitrogens is 1. The SMILES string of the molecule is COc1ncc(Br)c2c1N(Cc1ccccc1)C(=O)CO2. The molecule has 1 aromatic heterocycles. The summed E-state index contributed by atoms with van der Waals surface area (Å²) in [7, 11) is 1.52. The van der Waals surface area contributed by atoms with Crippen LogP contribution >= 0.6 is 15.9 Å². The Balaban J connectivity index is 2.06. The van der Waals surface area contributed by atoms with Crippen LogP contribution in [0.4, 0.5) is 5.69 Å². The van der Waals surface area contributed by atoms with E-state index in [2.05, 4.69) is 20.9 Å². The van der Waals surface area contributed by atoms with E-state index in [1.54, 1.807) is 11.1 Å². The van der Waals surface area contributed by atoms with Crippen molar-refractivity contribution in [1.29, 1.82) is 0 Å². The Bertz CT molecular complexity index is 676. The van der Waals surface area contributed by atoms with Crippen molar-refractivity contribution in [3.63, 3.8) is 0 Å². The first-order chi connectivity index (χ1) is 10.2. The third-order valence-corrected chi connectivity index (χ3v) is 3.78. The minimum Gasteiger partial charge on any atom is -0.480 e. The number of hydrogen-bond acceptors (Lipinski definition) is 4. The Morgan fingerprint density at radius 1 is 1.38 bits per heavy atom. The Labute approximate surface area is 130 Å². The fourth-order valence-electron chi connectivity index (χ4n) is 2.24. The molecule has 1 amide bonds. The number of fused-ring (bicyclic) bond motifs is 1. The molecule has 0 bridgehead atoms. The third-order valence-electron chi connectivity index (χ3n) is 3.22. The molecule has 0 spiro atoms. The predicted octanol–water partition coefficient (Wildman–Crippen LogP) is 2.78. The number of ether oxygens (including phenoxy) is 2. The number of nitrogens with zero attached hydrogens (tertiary/aromatic N) is 2. The van der Waals surface area contributed by atoms with Crippen molar-refractivity contribution >= 4 is 27.5 Å². The van der Waals surface area contributed by atoms with Gasteiger partial charge in [-0.05, 0) is 21.5 Å². The highest BCUT2D eigenvalue weighted by Gasteiger charge is 2.31. The van der Waals surface area contributed by atoms with Crippen LogP contribution in [0.3, 0.4) is 0 Å². The standard InChI is InChI=1S/C15H13BrN2O3/c1-20-15-13-14(11(16)7-17-15)21-9-12(19)18(13)8-10-5-3-2-4-6-10/h2-7H,8-9H2,1H3. The number of anilines is 1. The molecule has 6 heteroatoms. The zero-order valence-electron chi connectivity index (χ0n) is 11.4. The number of hydrogen-bond donors (Lipinski definition) is 0. The van der Waals surface area contributed by atoms with Crippen molar-refractivity contribution < 1.29 is 14.3 Å². The molecule has 0 atom stereocenters. The normalized spacial score (nSPS) is 13.6. The molecular weight excluding hydrogens is 336 g/mol. The van der Waals surface area contributed by atoms with Gasteiger partial charge < -0.3 is 9.47 Å². The van der Waals surface area contributed by atoms with Gasteiger partial charge in [0.15, 0.2) is 18.0 Å². The number of carbonyl (C=O) groups excluding carboxylic acids is 1. The first-order valence-corrected chi connectivity index (χ1v) is 7.19. The summed E-state index contributed by atoms with van der Waals surface area (Å²) >= 11 is 3.40. The first-order valence-electron chi connectivity index (χ1n) is 6.40. The molecule has 1 aromatic carbocycles. The second kappa shape index (κ2) is 5.73. The van der Waals surface area contributed by atoms with Crippen LogP contribution in [-0.2, 0) is 11.3 Å². The minimum atomic E-state index is -0.121. The number of halogens is 1. The van der Waals surface area contributed by atoms with Gasteiger partial charge in [0.05, 0.1) is 18.1 Å². The van der Waals surface area contributed by atoms with Crippen LogP contribution in [0.15, 0.2) is 41.0 Å². The molecule has 108 valence electrons. The van der Waals surface area contributed by atoms with Crippen LogP contribution in [0.1, 0.15) is 5.56 Å². The second-order valence-electron chi connectivity index (χ2n) is 4.55. The quantitative estimate of drug-likeness (QED) is 0.855. The van der Waals surface area contributed by atoms with E-state index in [-0.39, 0.29) is 12.5 Å². The number of benzene rings is 1. The Morgan fingerprint density at radius 2 is 2.14 bits per heavy atom. The molecule has 1 aliphatic rings. The zero-order valence-corrected chi connectivity index (χ0v) is 13.0. The summed E-state index contributed by atoms with van der Waals surface area (Å²) in [6.07, 6.45) is 1.61. The van der Waals surface area contributed by atoms with Crippen LogP contribution < -0.4 is 14.4 Å². The van der Waals surface area contributed by atoms with Crippen LogP contribution in [0.2, 0.25) is 0 Å². The molecule has 0 radical (unpaired) electrons. The maximum Gasteiger partial charge on any atom is 0.265 e. The van der Waals surface area contributed by atoms with Crippen LogP contribution in [0, 0.1) is 0 Å². The highest BCUT2D eigenvalue weighted by Crippen LogP contribution is 2.44. The smallest absolute Gasteiger partial charge is 0.265 e. The van der Waals surface area contributed by atoms with Gasteiger partial charge in [0.2, 0.25) is 5.88 Å². The van der Waals surface area contributed by atoms with Crippen molar-refractivity contribution in [3.05, 3.63) is 46.6 Å². The van der Waals surface area contributed by atoms with Gasteiger partial charge in [-0.1, -0.05) is 30.3 Å². The van der Waals surface area contributed by atoms with Crippen LogP contribution in [0.5, 0.6) is 11.6 Å². The molecule has 0 saturated carbocycles. The van der Waals surface area contributed by atoms with Crippen LogP contribution in [-0.4, -0.2) is 24.6 Å². The van der Waals surface area contributed by atoms with Gasteiger partial charge in [0, 0.05) is 6.20 Å². The molecule has 2 aromatic rings. The summed E-state index contributed by atoms with van der Waals surface area (Å²) < 4.78 is 11.5. The number of methoxy groups -OCH3 is 1. The lowest BCUT2D eigenvalue weighted by molar-refractivity contribution is -0.121. The van der Waals surface area contributed by atoms with E-state index in [1.165, 1.54) is 7.11 Å². The molecule has 0 N–H and O–H groups in total. The lowest BCUT2D eigenvalue weighted by atomic mass is 10.2. The highest BCUT2D eigenvalue weighted by atomic mass is 79.9. The first kappa shape index (κ1) is 13.9. The average Bonchev–Trinajstić information content (AvgIpc) is 2.51. The second-order valence-corrected chi connectivity index (χ2v) is 5.40. The minimum absolute atomic E-state index is 0.00556. The maximum atomic E-state index is 12.2. The van der Waals surface area contributed by atoms with E-state index in [1.807, 2.05) is 30.3 Å². The van der Waals surface area contributed by atoms with Crippen molar-refractivity contribution in [2.75, 3.05) is 18.6 Å². The summed E-state index contributed by atoms with van der Waals surface area (Å²) in [6.45, 7) is 0.454. The summed E-state index contributed by atoms with van der Waals surface area (Å²) in [5.41, 5.74) is 1.59. The monoisotopic (exact) mass is 348 g/mol. The van der Waals surface area contributed by atoms with Gasteiger partial charge in [-0.3, -0.25) is 9.69 Å². The summed E-state index contributed by atoms with van der Waals surface area (Å²) in [5.74, 6) is 0.833. The summed E-state index contributed by atoms with van der Waals surface area (Å²) in [5, 5.41) is 0. The Morgan fingerprint density at radius 3 is 2.86 bits per heavy atom. The zero-order chi connectivity index (χ0) is 14.8. The number of amides is 1. The maximum absolute atomic E-state index is 12.2. The van der Waals surface area contributed by atoms with E-state index in [4.69, 9.17) is 9.47 Å². The van der Waals surface area contributed by atoms with Crippen molar-refractivity contribution in [2.45, 2.75) is 6.54 Å². The molecule has 0 fully saturated rings. The lowest BCUT2D eigenvalue weighted by Crippen LogP contribution is -2.38. The van der Waals surface area contributed by atoms with Gasteiger partial charge in [-0.25, -0.2) is 4.98 Å². The van der Waals surface area contributed by atoms with Gasteiger partial charge in [-0.15, -0.1) is 0 Å². The van der Waals surface area contributed by atoms with Crippen molar-refractivity contribution in [2.24, 2.45) is 0 Å². The summed E-state index contributed by atoms with van der Waals surface area (Å²) in [4.78, 5) is 18.1. The van der Waals surface area contributed by atoms with E-state index in [9.17, 15) is 4.79 Å². The lowest BCUT2D eigenvalue weighted by Gasteiger charge is -2.30. The fraction of sp³-hybridized carbons (Fsp3) is 0.200. The molecule has 0 aliphatic carbocycles.